The zero-order valence-electron chi connectivity index (χ0n) is 33.7. The summed E-state index contributed by atoms with van der Waals surface area (Å²) in [4.78, 5) is 91.9. The Morgan fingerprint density at radius 2 is 1.19 bits per heavy atom. The molecule has 344 valence electrons. The van der Waals surface area contributed by atoms with Crippen molar-refractivity contribution in [1.82, 2.24) is 31.9 Å². The summed E-state index contributed by atoms with van der Waals surface area (Å²) in [6.07, 6.45) is -0.652. The molecule has 0 radical (unpaired) electrons. The van der Waals surface area contributed by atoms with Crippen LogP contribution in [0, 0.1) is 0 Å². The van der Waals surface area contributed by atoms with E-state index in [1.165, 1.54) is 21.6 Å². The predicted molar refractivity (Wildman–Crippen MR) is 258 cm³/mol. The Labute approximate surface area is 396 Å². The van der Waals surface area contributed by atoms with Gasteiger partial charge in [0.05, 0.1) is 25.7 Å². The van der Waals surface area contributed by atoms with E-state index in [1.807, 2.05) is 91.0 Å². The van der Waals surface area contributed by atoms with Gasteiger partial charge < -0.3 is 47.1 Å². The number of carbonyl (C=O) groups excluding carboxylic acids is 8. The van der Waals surface area contributed by atoms with Crippen molar-refractivity contribution >= 4 is 125 Å². The Morgan fingerprint density at radius 3 is 1.63 bits per heavy atom. The summed E-state index contributed by atoms with van der Waals surface area (Å²) in [7, 11) is 9.31. The van der Waals surface area contributed by atoms with Gasteiger partial charge >= 0.3 is 18.0 Å². The van der Waals surface area contributed by atoms with E-state index in [2.05, 4.69) is 49.3 Å². The number of hydrogen-bond acceptors (Lipinski definition) is 18. The SMILES string of the molecule is CCOC(=O)CNC(=O)[C@@H](N)CSSc1ccccc1.O=C1CNC(=O)[C@H](CS)N1.O=C1CNC(=O)[C@H](CSSc2ccccc2)N1.O=C1N[C@@H](CSSc2ccccc2)C(=O)O1.[2HH].[2HH]. The number of rotatable bonds is 17. The lowest BCUT2D eigenvalue weighted by Crippen LogP contribution is -2.57. The normalized spacial score (nSPS) is 18.0. The summed E-state index contributed by atoms with van der Waals surface area (Å²) in [5, 5.41) is 15.0. The number of thiol groups is 1. The second-order valence-corrected chi connectivity index (χ2v) is 20.0. The van der Waals surface area contributed by atoms with Gasteiger partial charge in [0.2, 0.25) is 29.5 Å². The third kappa shape index (κ3) is 22.3. The Kier molecular flexibility index (Phi) is 26.0. The Morgan fingerprint density at radius 1 is 0.730 bits per heavy atom. The van der Waals surface area contributed by atoms with Gasteiger partial charge in [-0.1, -0.05) is 119 Å². The highest BCUT2D eigenvalue weighted by atomic mass is 33.1. The van der Waals surface area contributed by atoms with Crippen molar-refractivity contribution in [3.63, 3.8) is 0 Å². The summed E-state index contributed by atoms with van der Waals surface area (Å²) in [6, 6.07) is 27.6. The van der Waals surface area contributed by atoms with Gasteiger partial charge in [0, 0.05) is 40.6 Å². The van der Waals surface area contributed by atoms with E-state index in [9.17, 15) is 38.4 Å². The molecular weight excluding hydrogens is 951 g/mol. The molecule has 0 aliphatic carbocycles. The number of carbonyl (C=O) groups is 8. The van der Waals surface area contributed by atoms with Crippen LogP contribution in [0.15, 0.2) is 106 Å². The van der Waals surface area contributed by atoms with Crippen LogP contribution < -0.4 is 37.6 Å². The number of nitrogens with one attached hydrogen (secondary N) is 6. The number of piperazine rings is 2. The molecule has 3 fully saturated rings. The first kappa shape index (κ1) is 53.2. The van der Waals surface area contributed by atoms with Crippen molar-refractivity contribution in [3.8, 4) is 0 Å². The van der Waals surface area contributed by atoms with Gasteiger partial charge in [-0.15, -0.1) is 0 Å². The van der Waals surface area contributed by atoms with E-state index in [4.69, 9.17) is 10.5 Å². The van der Waals surface area contributed by atoms with E-state index in [0.717, 1.165) is 14.7 Å². The Hall–Kier alpha value is -4.17. The third-order valence-corrected chi connectivity index (χ3v) is 15.1. The van der Waals surface area contributed by atoms with Gasteiger partial charge in [-0.25, -0.2) is 9.59 Å². The highest BCUT2D eigenvalue weighted by molar-refractivity contribution is 8.77. The lowest BCUT2D eigenvalue weighted by atomic mass is 10.2. The topological polar surface area (TPSA) is 253 Å². The van der Waals surface area contributed by atoms with Gasteiger partial charge in [0.1, 0.15) is 24.7 Å². The standard InChI is InChI=1S/C13H18N2O3S2.C11H12N2O2S2.C10H9NO3S2.C5H8N2O2S.2H2/c1-2-18-12(16)8-15-13(17)11(14)9-19-20-10-6-4-3-5-7-10;14-10-6-12-11(15)9(13-10)7-16-17-8-4-2-1-3-5-8;12-9-8(11-10(13)14-9)6-15-16-7-4-2-1-3-5-7;8-4-1-6-5(9)3(2-10)7-4;;/h3-7,11H,2,8-9,14H2,1H3,(H,15,17);1-5,9H,6-7H2,(H,12,15)(H,13,14);1-5,8H,6H2,(H,11,13);3,10H,1-2H2,(H,6,9)(H,7,8);2*1H/t11-;9-;8-;3-;;/m0000../s1/i;;;;2*1+1. The molecule has 3 heterocycles. The molecule has 3 saturated heterocycles. The van der Waals surface area contributed by atoms with Crippen molar-refractivity contribution in [2.24, 2.45) is 5.73 Å². The molecule has 6 amide bonds. The van der Waals surface area contributed by atoms with Crippen LogP contribution in [0.4, 0.5) is 4.79 Å². The van der Waals surface area contributed by atoms with E-state index in [1.54, 1.807) is 50.1 Å². The maximum absolute atomic E-state index is 11.6. The summed E-state index contributed by atoms with van der Waals surface area (Å²) in [5.41, 5.74) is 5.74. The maximum atomic E-state index is 11.6. The maximum Gasteiger partial charge on any atom is 0.415 e. The second-order valence-electron chi connectivity index (χ2n) is 12.4. The molecule has 3 aromatic rings. The highest BCUT2D eigenvalue weighted by Gasteiger charge is 2.32. The molecule has 0 spiro atoms. The summed E-state index contributed by atoms with van der Waals surface area (Å²) >= 11 is 3.89. The molecule has 0 bridgehead atoms. The molecule has 0 aromatic heterocycles. The van der Waals surface area contributed by atoms with Crippen molar-refractivity contribution < 1.29 is 50.7 Å². The molecule has 3 aliphatic heterocycles. The minimum atomic E-state index is -0.652. The van der Waals surface area contributed by atoms with Gasteiger partial charge in [-0.2, -0.15) is 12.6 Å². The monoisotopic (exact) mass is 1000 g/mol. The Bertz CT molecular complexity index is 1960. The molecule has 0 unspecified atom stereocenters. The van der Waals surface area contributed by atoms with Gasteiger partial charge in [-0.3, -0.25) is 28.8 Å². The van der Waals surface area contributed by atoms with E-state index in [0.29, 0.717) is 29.6 Å². The van der Waals surface area contributed by atoms with E-state index < -0.39 is 42.2 Å². The number of hydrogen-bond donors (Lipinski definition) is 8. The van der Waals surface area contributed by atoms with Crippen LogP contribution in [-0.2, 0) is 43.0 Å². The first-order valence-corrected chi connectivity index (χ1v) is 26.5. The van der Waals surface area contributed by atoms with E-state index >= 15 is 0 Å². The lowest BCUT2D eigenvalue weighted by molar-refractivity contribution is -0.143. The zero-order valence-corrected chi connectivity index (χ0v) is 39.5. The van der Waals surface area contributed by atoms with Crippen LogP contribution in [0.5, 0.6) is 0 Å². The number of esters is 2. The third-order valence-electron chi connectivity index (χ3n) is 7.56. The first-order chi connectivity index (χ1) is 30.4. The summed E-state index contributed by atoms with van der Waals surface area (Å²) in [6.45, 7) is 2.04. The van der Waals surface area contributed by atoms with Gasteiger partial charge in [-0.05, 0) is 43.3 Å². The molecule has 6 rings (SSSR count). The fourth-order valence-corrected chi connectivity index (χ4v) is 11.3. The Balaban J connectivity index is 0.000000438. The number of cyclic esters (lactones) is 2. The molecule has 24 heteroatoms. The van der Waals surface area contributed by atoms with Crippen LogP contribution >= 0.6 is 77.4 Å². The van der Waals surface area contributed by atoms with Gasteiger partial charge in [0.25, 0.3) is 0 Å². The van der Waals surface area contributed by atoms with Crippen LogP contribution in [-0.4, -0.2) is 121 Å². The van der Waals surface area contributed by atoms with Gasteiger partial charge in [0.15, 0.2) is 0 Å². The largest absolute Gasteiger partial charge is 0.465 e. The van der Waals surface area contributed by atoms with Crippen molar-refractivity contribution in [2.45, 2.75) is 45.8 Å². The number of benzene rings is 3. The van der Waals surface area contributed by atoms with E-state index in [-0.39, 0.29) is 52.0 Å². The number of nitrogens with two attached hydrogens (primary N) is 1. The van der Waals surface area contributed by atoms with Crippen LogP contribution in [0.3, 0.4) is 0 Å². The minimum Gasteiger partial charge on any atom is -0.465 e. The summed E-state index contributed by atoms with van der Waals surface area (Å²) in [5.74, 6) is 0.0382. The smallest absolute Gasteiger partial charge is 0.415 e. The predicted octanol–water partition coefficient (Wildman–Crippen LogP) is 3.56. The molecule has 3 aromatic carbocycles. The van der Waals surface area contributed by atoms with Crippen molar-refractivity contribution in [1.29, 1.82) is 0 Å². The molecule has 8 N–H and O–H groups in total. The molecule has 3 aliphatic rings. The second kappa shape index (κ2) is 30.8. The molecular formula is C39H51N7O10S7. The van der Waals surface area contributed by atoms with Crippen LogP contribution in [0.1, 0.15) is 9.78 Å². The highest BCUT2D eigenvalue weighted by Crippen LogP contribution is 2.33. The fourth-order valence-electron chi connectivity index (χ4n) is 4.47. The number of alkyl carbamates (subject to hydrolysis) is 1. The average molecular weight is 1000 g/mol. The number of amides is 6. The zero-order chi connectivity index (χ0) is 45.8. The lowest BCUT2D eigenvalue weighted by Gasteiger charge is -2.22. The first-order valence-electron chi connectivity index (χ1n) is 18.9. The quantitative estimate of drug-likeness (QED) is 0.0417. The summed E-state index contributed by atoms with van der Waals surface area (Å²) < 4.78 is 9.07. The fraction of sp³-hybridized carbons (Fsp3) is 0.333. The molecule has 63 heavy (non-hydrogen) atoms. The van der Waals surface area contributed by atoms with Crippen LogP contribution in [0.25, 0.3) is 0 Å². The molecule has 0 saturated carbocycles. The van der Waals surface area contributed by atoms with Crippen molar-refractivity contribution in [3.05, 3.63) is 91.0 Å². The number of ether oxygens (including phenoxy) is 2. The van der Waals surface area contributed by atoms with Crippen molar-refractivity contribution in [2.75, 3.05) is 49.3 Å². The van der Waals surface area contributed by atoms with Crippen LogP contribution in [0.2, 0.25) is 0 Å². The average Bonchev–Trinajstić information content (AvgIpc) is 3.62. The molecule has 4 atom stereocenters. The molecule has 17 nitrogen and oxygen atoms in total. The minimum absolute atomic E-state index is 0.